The molecule has 0 saturated carbocycles. The number of pyridine rings is 2. The maximum absolute atomic E-state index is 11.5. The molecule has 0 amide bonds. The van der Waals surface area contributed by atoms with Gasteiger partial charge in [-0.15, -0.1) is 0 Å². The van der Waals surface area contributed by atoms with E-state index >= 15 is 0 Å². The molecule has 0 bridgehead atoms. The molecule has 0 unspecified atom stereocenters. The van der Waals surface area contributed by atoms with Gasteiger partial charge in [0.15, 0.2) is 0 Å². The molecule has 0 fully saturated rings. The predicted octanol–water partition coefficient (Wildman–Crippen LogP) is 1.82. The second-order valence-corrected chi connectivity index (χ2v) is 4.35. The van der Waals surface area contributed by atoms with Gasteiger partial charge in [0.1, 0.15) is 5.69 Å². The molecule has 100 valence electrons. The number of methoxy groups -OCH3 is 1. The average molecular weight is 268 g/mol. The van der Waals surface area contributed by atoms with Crippen molar-refractivity contribution in [1.82, 2.24) is 19.7 Å². The first-order chi connectivity index (χ1) is 9.67. The molecule has 0 saturated heterocycles. The number of aryl methyl sites for hydroxylation is 1. The van der Waals surface area contributed by atoms with E-state index in [4.69, 9.17) is 0 Å². The fraction of sp³-hybridized carbons (Fsp3) is 0.143. The molecule has 3 rings (SSSR count). The summed E-state index contributed by atoms with van der Waals surface area (Å²) in [4.78, 5) is 20.1. The SMILES string of the molecule is COC(=O)c1ccc2ncc(-c3cnn(C)c3)cc2n1. The molecule has 0 atom stereocenters. The van der Waals surface area contributed by atoms with E-state index in [0.717, 1.165) is 16.6 Å². The molecule has 0 radical (unpaired) electrons. The van der Waals surface area contributed by atoms with Crippen LogP contribution < -0.4 is 0 Å². The number of carbonyl (C=O) groups excluding carboxylic acids is 1. The fourth-order valence-electron chi connectivity index (χ4n) is 1.95. The third-order valence-corrected chi connectivity index (χ3v) is 2.97. The summed E-state index contributed by atoms with van der Waals surface area (Å²) in [7, 11) is 3.18. The average Bonchev–Trinajstić information content (AvgIpc) is 2.92. The summed E-state index contributed by atoms with van der Waals surface area (Å²) in [5, 5.41) is 4.13. The predicted molar refractivity (Wildman–Crippen MR) is 73.1 cm³/mol. The van der Waals surface area contributed by atoms with E-state index in [1.54, 1.807) is 29.2 Å². The second-order valence-electron chi connectivity index (χ2n) is 4.35. The van der Waals surface area contributed by atoms with Crippen LogP contribution in [-0.4, -0.2) is 32.8 Å². The summed E-state index contributed by atoms with van der Waals surface area (Å²) < 4.78 is 6.39. The quantitative estimate of drug-likeness (QED) is 0.663. The lowest BCUT2D eigenvalue weighted by atomic mass is 10.1. The molecule has 0 aromatic carbocycles. The zero-order valence-corrected chi connectivity index (χ0v) is 11.1. The summed E-state index contributed by atoms with van der Waals surface area (Å²) in [6.45, 7) is 0. The van der Waals surface area contributed by atoms with Gasteiger partial charge in [-0.05, 0) is 18.2 Å². The molecule has 0 aliphatic heterocycles. The monoisotopic (exact) mass is 268 g/mol. The van der Waals surface area contributed by atoms with E-state index < -0.39 is 5.97 Å². The summed E-state index contributed by atoms with van der Waals surface area (Å²) in [5.74, 6) is -0.460. The van der Waals surface area contributed by atoms with Crippen molar-refractivity contribution >= 4 is 17.0 Å². The highest BCUT2D eigenvalue weighted by molar-refractivity contribution is 5.90. The van der Waals surface area contributed by atoms with E-state index in [0.29, 0.717) is 5.52 Å². The highest BCUT2D eigenvalue weighted by Gasteiger charge is 2.09. The Balaban J connectivity index is 2.11. The number of esters is 1. The van der Waals surface area contributed by atoms with E-state index in [-0.39, 0.29) is 5.69 Å². The Morgan fingerprint density at radius 2 is 2.05 bits per heavy atom. The lowest BCUT2D eigenvalue weighted by Gasteiger charge is -2.02. The third-order valence-electron chi connectivity index (χ3n) is 2.97. The molecule has 20 heavy (non-hydrogen) atoms. The summed E-state index contributed by atoms with van der Waals surface area (Å²) in [5.41, 5.74) is 3.50. The zero-order valence-electron chi connectivity index (χ0n) is 11.1. The van der Waals surface area contributed by atoms with Crippen LogP contribution >= 0.6 is 0 Å². The zero-order chi connectivity index (χ0) is 14.1. The Hall–Kier alpha value is -2.76. The second kappa shape index (κ2) is 4.73. The maximum Gasteiger partial charge on any atom is 0.356 e. The Kier molecular flexibility index (Phi) is 2.90. The number of aromatic nitrogens is 4. The smallest absolute Gasteiger partial charge is 0.356 e. The van der Waals surface area contributed by atoms with Gasteiger partial charge in [0.05, 0.1) is 24.3 Å². The normalized spacial score (nSPS) is 10.7. The van der Waals surface area contributed by atoms with Crippen LogP contribution in [-0.2, 0) is 11.8 Å². The van der Waals surface area contributed by atoms with Gasteiger partial charge >= 0.3 is 5.97 Å². The van der Waals surface area contributed by atoms with E-state index in [2.05, 4.69) is 19.8 Å². The van der Waals surface area contributed by atoms with Crippen LogP contribution in [0.25, 0.3) is 22.2 Å². The minimum Gasteiger partial charge on any atom is -0.464 e. The van der Waals surface area contributed by atoms with Crippen LogP contribution in [0, 0.1) is 0 Å². The van der Waals surface area contributed by atoms with Crippen LogP contribution in [0.1, 0.15) is 10.5 Å². The van der Waals surface area contributed by atoms with Gasteiger partial charge in [-0.2, -0.15) is 5.10 Å². The van der Waals surface area contributed by atoms with Crippen molar-refractivity contribution in [1.29, 1.82) is 0 Å². The Morgan fingerprint density at radius 1 is 1.20 bits per heavy atom. The summed E-state index contributed by atoms with van der Waals surface area (Å²) in [6.07, 6.45) is 5.42. The van der Waals surface area contributed by atoms with Crippen molar-refractivity contribution < 1.29 is 9.53 Å². The van der Waals surface area contributed by atoms with Crippen molar-refractivity contribution in [3.63, 3.8) is 0 Å². The number of nitrogens with zero attached hydrogens (tertiary/aromatic N) is 4. The van der Waals surface area contributed by atoms with E-state index in [1.165, 1.54) is 7.11 Å². The van der Waals surface area contributed by atoms with Crippen LogP contribution in [0.2, 0.25) is 0 Å². The van der Waals surface area contributed by atoms with Gasteiger partial charge < -0.3 is 4.74 Å². The van der Waals surface area contributed by atoms with Gasteiger partial charge in [0.2, 0.25) is 0 Å². The van der Waals surface area contributed by atoms with Crippen molar-refractivity contribution in [2.45, 2.75) is 0 Å². The Labute approximate surface area is 115 Å². The van der Waals surface area contributed by atoms with Crippen LogP contribution in [0.4, 0.5) is 0 Å². The van der Waals surface area contributed by atoms with Gasteiger partial charge in [-0.25, -0.2) is 9.78 Å². The van der Waals surface area contributed by atoms with Gasteiger partial charge in [0.25, 0.3) is 0 Å². The van der Waals surface area contributed by atoms with Gasteiger partial charge in [-0.3, -0.25) is 9.67 Å². The van der Waals surface area contributed by atoms with Crippen LogP contribution in [0.5, 0.6) is 0 Å². The first-order valence-electron chi connectivity index (χ1n) is 6.01. The summed E-state index contributed by atoms with van der Waals surface area (Å²) in [6, 6.07) is 5.23. The lowest BCUT2D eigenvalue weighted by molar-refractivity contribution is 0.0594. The van der Waals surface area contributed by atoms with Crippen molar-refractivity contribution in [2.24, 2.45) is 7.05 Å². The van der Waals surface area contributed by atoms with Crippen LogP contribution in [0.15, 0.2) is 36.8 Å². The molecule has 3 aromatic heterocycles. The molecule has 3 heterocycles. The molecule has 0 N–H and O–H groups in total. The van der Waals surface area contributed by atoms with Crippen molar-refractivity contribution in [3.05, 3.63) is 42.5 Å². The molecular formula is C14H12N4O2. The number of carbonyl (C=O) groups is 1. The van der Waals surface area contributed by atoms with Gasteiger partial charge in [-0.1, -0.05) is 0 Å². The highest BCUT2D eigenvalue weighted by atomic mass is 16.5. The first-order valence-corrected chi connectivity index (χ1v) is 6.01. The number of hydrogen-bond acceptors (Lipinski definition) is 5. The van der Waals surface area contributed by atoms with Crippen LogP contribution in [0.3, 0.4) is 0 Å². The Bertz CT molecular complexity index is 795. The summed E-state index contributed by atoms with van der Waals surface area (Å²) >= 11 is 0. The molecule has 3 aromatic rings. The minimum absolute atomic E-state index is 0.269. The molecule has 0 aliphatic carbocycles. The third kappa shape index (κ3) is 2.11. The number of fused-ring (bicyclic) bond motifs is 1. The van der Waals surface area contributed by atoms with E-state index in [9.17, 15) is 4.79 Å². The first kappa shape index (κ1) is 12.3. The fourth-order valence-corrected chi connectivity index (χ4v) is 1.95. The van der Waals surface area contributed by atoms with Crippen molar-refractivity contribution in [3.8, 4) is 11.1 Å². The molecule has 6 heteroatoms. The number of ether oxygens (including phenoxy) is 1. The minimum atomic E-state index is -0.460. The van der Waals surface area contributed by atoms with Gasteiger partial charge in [0, 0.05) is 30.6 Å². The lowest BCUT2D eigenvalue weighted by Crippen LogP contribution is -2.04. The largest absolute Gasteiger partial charge is 0.464 e. The highest BCUT2D eigenvalue weighted by Crippen LogP contribution is 2.21. The molecule has 6 nitrogen and oxygen atoms in total. The maximum atomic E-state index is 11.5. The van der Waals surface area contributed by atoms with Crippen molar-refractivity contribution in [2.75, 3.05) is 7.11 Å². The Morgan fingerprint density at radius 3 is 2.75 bits per heavy atom. The topological polar surface area (TPSA) is 69.9 Å². The molecular weight excluding hydrogens is 256 g/mol. The molecule has 0 spiro atoms. The molecule has 0 aliphatic rings. The standard InChI is InChI=1S/C14H12N4O2/c1-18-8-10(7-16-18)9-5-13-11(15-6-9)3-4-12(17-13)14(19)20-2/h3-8H,1-2H3. The number of rotatable bonds is 2. The number of hydrogen-bond donors (Lipinski definition) is 0. The van der Waals surface area contributed by atoms with E-state index in [1.807, 2.05) is 19.3 Å².